The molecule has 3 unspecified atom stereocenters. The van der Waals surface area contributed by atoms with Crippen LogP contribution in [0.4, 0.5) is 9.59 Å². The molecule has 286 valence electrons. The number of hydrogen-bond donors (Lipinski definition) is 4. The fraction of sp³-hybridized carbons (Fsp3) is 0.357. The van der Waals surface area contributed by atoms with Gasteiger partial charge in [-0.05, 0) is 59.1 Å². The van der Waals surface area contributed by atoms with Crippen LogP contribution in [-0.4, -0.2) is 69.3 Å². The summed E-state index contributed by atoms with van der Waals surface area (Å²) < 4.78 is 11.1. The van der Waals surface area contributed by atoms with Gasteiger partial charge in [0.15, 0.2) is 0 Å². The maximum Gasteiger partial charge on any atom is 0.417 e. The Morgan fingerprint density at radius 2 is 1.19 bits per heavy atom. The first kappa shape index (κ1) is 41.2. The summed E-state index contributed by atoms with van der Waals surface area (Å²) in [5, 5.41) is 18.1. The average Bonchev–Trinajstić information content (AvgIpc) is 3.18. The molecule has 5 atom stereocenters. The highest BCUT2D eigenvalue weighted by Gasteiger charge is 2.42. The summed E-state index contributed by atoms with van der Waals surface area (Å²) in [5.41, 5.74) is 9.30. The minimum absolute atomic E-state index is 0.00918. The molecule has 4 aromatic rings. The second kappa shape index (κ2) is 20.6. The highest BCUT2D eigenvalue weighted by molar-refractivity contribution is 5.95. The van der Waals surface area contributed by atoms with Gasteiger partial charge in [0, 0.05) is 12.4 Å². The van der Waals surface area contributed by atoms with Crippen molar-refractivity contribution in [2.45, 2.75) is 84.0 Å². The molecule has 54 heavy (non-hydrogen) atoms. The molecule has 0 aliphatic heterocycles. The quantitative estimate of drug-likeness (QED) is 0.114. The molecule has 12 nitrogen and oxygen atoms in total. The van der Waals surface area contributed by atoms with Gasteiger partial charge in [-0.3, -0.25) is 14.6 Å². The summed E-state index contributed by atoms with van der Waals surface area (Å²) >= 11 is 0. The van der Waals surface area contributed by atoms with Gasteiger partial charge >= 0.3 is 12.2 Å². The first-order chi connectivity index (χ1) is 25.9. The van der Waals surface area contributed by atoms with Gasteiger partial charge in [0.05, 0.1) is 24.2 Å². The van der Waals surface area contributed by atoms with E-state index in [1.54, 1.807) is 52.2 Å². The molecule has 3 aromatic carbocycles. The number of aliphatic hydroxyl groups excluding tert-OH is 1. The highest BCUT2D eigenvalue weighted by atomic mass is 16.6. The molecule has 4 rings (SSSR count). The van der Waals surface area contributed by atoms with Crippen LogP contribution in [0.25, 0.3) is 0 Å². The number of benzene rings is 3. The number of aromatic nitrogens is 1. The second-order valence-corrected chi connectivity index (χ2v) is 13.9. The second-order valence-electron chi connectivity index (χ2n) is 13.9. The van der Waals surface area contributed by atoms with Crippen molar-refractivity contribution in [3.8, 4) is 0 Å². The number of pyridine rings is 1. The predicted octanol–water partition coefficient (Wildman–Crippen LogP) is 5.18. The number of carbonyl (C=O) groups is 4. The van der Waals surface area contributed by atoms with E-state index in [0.29, 0.717) is 11.1 Å². The van der Waals surface area contributed by atoms with Crippen LogP contribution in [0.15, 0.2) is 116 Å². The summed E-state index contributed by atoms with van der Waals surface area (Å²) in [6.45, 7) is 6.91. The van der Waals surface area contributed by atoms with Gasteiger partial charge in [0.25, 0.3) is 0 Å². The lowest BCUT2D eigenvalue weighted by molar-refractivity contribution is -0.137. The Labute approximate surface area is 317 Å². The topological polar surface area (TPSA) is 173 Å². The lowest BCUT2D eigenvalue weighted by Gasteiger charge is -2.38. The van der Waals surface area contributed by atoms with Crippen molar-refractivity contribution in [2.75, 3.05) is 0 Å². The van der Waals surface area contributed by atoms with Crippen LogP contribution < -0.4 is 16.4 Å². The average molecular weight is 738 g/mol. The van der Waals surface area contributed by atoms with Crippen molar-refractivity contribution >= 4 is 24.0 Å². The number of hydrogen-bond acceptors (Lipinski definition) is 9. The zero-order valence-electron chi connectivity index (χ0n) is 31.2. The third-order valence-electron chi connectivity index (χ3n) is 9.04. The van der Waals surface area contributed by atoms with Crippen molar-refractivity contribution in [1.82, 2.24) is 20.5 Å². The Morgan fingerprint density at radius 3 is 1.72 bits per heavy atom. The number of aliphatic hydroxyl groups is 1. The van der Waals surface area contributed by atoms with E-state index in [-0.39, 0.29) is 37.9 Å². The molecular formula is C42H51N5O7. The number of imide groups is 1. The Kier molecular flexibility index (Phi) is 15.7. The van der Waals surface area contributed by atoms with Crippen molar-refractivity contribution in [3.05, 3.63) is 138 Å². The Hall–Kier alpha value is -5.59. The maximum absolute atomic E-state index is 14.2. The van der Waals surface area contributed by atoms with Crippen LogP contribution in [0, 0.1) is 11.8 Å². The molecule has 0 saturated carbocycles. The molecule has 0 bridgehead atoms. The molecule has 1 aromatic heterocycles. The largest absolute Gasteiger partial charge is 0.445 e. The lowest BCUT2D eigenvalue weighted by atomic mass is 9.90. The summed E-state index contributed by atoms with van der Waals surface area (Å²) in [5.74, 6) is -2.06. The molecular weight excluding hydrogens is 686 g/mol. The standard InChI is InChI=1S/C42H51N5O7/c1-28(2)36(43)40(50)47(42(52)54-27-33-20-22-44-23-21-33)35(25-31-16-10-6-11-17-31)38(48)34(24-30-14-8-5-9-15-30)45-39(49)37(29(3)4)46-41(51)53-26-32-18-12-7-13-19-32/h5-23,28-29,34-38,48H,24-27,43H2,1-4H3,(H,45,49)(H,46,51)/t34?,35?,36-,37-,38?/m0/s1. The van der Waals surface area contributed by atoms with E-state index in [2.05, 4.69) is 15.6 Å². The first-order valence-corrected chi connectivity index (χ1v) is 18.1. The van der Waals surface area contributed by atoms with Crippen molar-refractivity contribution in [3.63, 3.8) is 0 Å². The summed E-state index contributed by atoms with van der Waals surface area (Å²) in [6, 6.07) is 26.3. The molecule has 4 amide bonds. The number of nitrogens with one attached hydrogen (secondary N) is 2. The van der Waals surface area contributed by atoms with E-state index >= 15 is 0 Å². The molecule has 0 spiro atoms. The molecule has 5 N–H and O–H groups in total. The zero-order chi connectivity index (χ0) is 39.0. The van der Waals surface area contributed by atoms with Gasteiger partial charge in [-0.25, -0.2) is 14.5 Å². The number of nitrogens with zero attached hydrogens (tertiary/aromatic N) is 2. The predicted molar refractivity (Wildman–Crippen MR) is 204 cm³/mol. The van der Waals surface area contributed by atoms with Crippen LogP contribution in [0.2, 0.25) is 0 Å². The van der Waals surface area contributed by atoms with Gasteiger partial charge in [-0.15, -0.1) is 0 Å². The third kappa shape index (κ3) is 12.2. The van der Waals surface area contributed by atoms with E-state index in [1.807, 2.05) is 91.0 Å². The van der Waals surface area contributed by atoms with Gasteiger partial charge in [0.2, 0.25) is 11.8 Å². The molecule has 0 fully saturated rings. The third-order valence-corrected chi connectivity index (χ3v) is 9.04. The molecule has 0 aliphatic carbocycles. The van der Waals surface area contributed by atoms with Crippen LogP contribution in [0.3, 0.4) is 0 Å². The number of amides is 4. The van der Waals surface area contributed by atoms with E-state index in [4.69, 9.17) is 15.2 Å². The SMILES string of the molecule is CC(C)[C@H](N)C(=O)N(C(=O)OCc1ccncc1)C(Cc1ccccc1)C(O)C(Cc1ccccc1)NC(=O)[C@@H](NC(=O)OCc1ccccc1)C(C)C. The van der Waals surface area contributed by atoms with E-state index in [1.165, 1.54) is 0 Å². The van der Waals surface area contributed by atoms with Crippen LogP contribution in [0.1, 0.15) is 49.9 Å². The number of rotatable bonds is 17. The minimum atomic E-state index is -1.54. The Bertz CT molecular complexity index is 1760. The first-order valence-electron chi connectivity index (χ1n) is 18.1. The zero-order valence-corrected chi connectivity index (χ0v) is 31.2. The Balaban J connectivity index is 1.69. The maximum atomic E-state index is 14.2. The lowest BCUT2D eigenvalue weighted by Crippen LogP contribution is -2.63. The molecule has 0 saturated heterocycles. The number of nitrogens with two attached hydrogens (primary N) is 1. The molecule has 12 heteroatoms. The minimum Gasteiger partial charge on any atom is -0.445 e. The summed E-state index contributed by atoms with van der Waals surface area (Å²) in [4.78, 5) is 60.1. The van der Waals surface area contributed by atoms with Crippen molar-refractivity contribution < 1.29 is 33.8 Å². The van der Waals surface area contributed by atoms with Crippen LogP contribution in [0.5, 0.6) is 0 Å². The van der Waals surface area contributed by atoms with E-state index in [0.717, 1.165) is 16.0 Å². The highest BCUT2D eigenvalue weighted by Crippen LogP contribution is 2.22. The Morgan fingerprint density at radius 1 is 0.685 bits per heavy atom. The fourth-order valence-electron chi connectivity index (χ4n) is 5.84. The van der Waals surface area contributed by atoms with E-state index in [9.17, 15) is 24.3 Å². The van der Waals surface area contributed by atoms with Gasteiger partial charge < -0.3 is 30.9 Å². The summed E-state index contributed by atoms with van der Waals surface area (Å²) in [6.07, 6.45) is -0.0753. The van der Waals surface area contributed by atoms with Gasteiger partial charge in [-0.2, -0.15) is 0 Å². The van der Waals surface area contributed by atoms with E-state index < -0.39 is 54.3 Å². The van der Waals surface area contributed by atoms with Crippen LogP contribution >= 0.6 is 0 Å². The van der Waals surface area contributed by atoms with Crippen molar-refractivity contribution in [2.24, 2.45) is 17.6 Å². The van der Waals surface area contributed by atoms with Crippen LogP contribution in [-0.2, 0) is 45.1 Å². The fourth-order valence-corrected chi connectivity index (χ4v) is 5.84. The normalized spacial score (nSPS) is 13.9. The smallest absolute Gasteiger partial charge is 0.417 e. The summed E-state index contributed by atoms with van der Waals surface area (Å²) in [7, 11) is 0. The van der Waals surface area contributed by atoms with Gasteiger partial charge in [-0.1, -0.05) is 119 Å². The number of carbonyl (C=O) groups excluding carboxylic acids is 4. The van der Waals surface area contributed by atoms with Crippen molar-refractivity contribution in [1.29, 1.82) is 0 Å². The monoisotopic (exact) mass is 737 g/mol. The number of alkyl carbamates (subject to hydrolysis) is 1. The molecule has 0 aliphatic rings. The molecule has 0 radical (unpaired) electrons. The molecule has 1 heterocycles. The number of ether oxygens (including phenoxy) is 2. The van der Waals surface area contributed by atoms with Gasteiger partial charge in [0.1, 0.15) is 19.3 Å².